The van der Waals surface area contributed by atoms with Crippen LogP contribution in [0, 0.1) is 11.8 Å². The Bertz CT molecular complexity index is 862. The van der Waals surface area contributed by atoms with E-state index in [1.54, 1.807) is 0 Å². The Balaban J connectivity index is 1.79. The van der Waals surface area contributed by atoms with Crippen molar-refractivity contribution < 1.29 is 14.3 Å². The summed E-state index contributed by atoms with van der Waals surface area (Å²) in [5, 5.41) is 0. The van der Waals surface area contributed by atoms with E-state index in [1.165, 1.54) is 0 Å². The minimum Gasteiger partial charge on any atom is -0.444 e. The summed E-state index contributed by atoms with van der Waals surface area (Å²) in [6.07, 6.45) is 3.90. The smallest absolute Gasteiger partial charge is 0.310 e. The van der Waals surface area contributed by atoms with Crippen molar-refractivity contribution in [2.24, 2.45) is 11.8 Å². The molecule has 3 aromatic carbocycles. The van der Waals surface area contributed by atoms with Crippen LogP contribution in [-0.4, -0.2) is 12.3 Å². The van der Waals surface area contributed by atoms with E-state index in [9.17, 15) is 9.59 Å². The van der Waals surface area contributed by atoms with Crippen LogP contribution in [0.4, 0.5) is 0 Å². The number of carbonyl (C=O) groups is 2. The first-order valence-corrected chi connectivity index (χ1v) is 10.6. The molecule has 0 amide bonds. The van der Waals surface area contributed by atoms with Gasteiger partial charge in [0.2, 0.25) is 0 Å². The normalized spacial score (nSPS) is 19.1. The van der Waals surface area contributed by atoms with Gasteiger partial charge in [-0.25, -0.2) is 0 Å². The Labute approximate surface area is 177 Å². The zero-order chi connectivity index (χ0) is 20.8. The molecule has 0 unspecified atom stereocenters. The van der Waals surface area contributed by atoms with Crippen LogP contribution in [0.1, 0.15) is 42.4 Å². The molecule has 0 aliphatic heterocycles. The lowest BCUT2D eigenvalue weighted by Crippen LogP contribution is -2.38. The molecule has 152 valence electrons. The van der Waals surface area contributed by atoms with E-state index >= 15 is 0 Å². The number of carbonyl (C=O) groups excluding carboxylic acids is 2. The van der Waals surface area contributed by atoms with Gasteiger partial charge < -0.3 is 9.53 Å². The SMILES string of the molecule is O=CC1CCC(C(=O)OC(c2ccccc2)(c2ccccc2)c2ccccc2)CC1. The van der Waals surface area contributed by atoms with Crippen LogP contribution in [0.2, 0.25) is 0 Å². The van der Waals surface area contributed by atoms with Crippen molar-refractivity contribution in [3.05, 3.63) is 108 Å². The summed E-state index contributed by atoms with van der Waals surface area (Å²) in [6, 6.07) is 29.8. The summed E-state index contributed by atoms with van der Waals surface area (Å²) >= 11 is 0. The highest BCUT2D eigenvalue weighted by Crippen LogP contribution is 2.42. The molecule has 3 nitrogen and oxygen atoms in total. The third kappa shape index (κ3) is 3.93. The molecule has 0 atom stereocenters. The van der Waals surface area contributed by atoms with E-state index in [0.717, 1.165) is 35.8 Å². The number of esters is 1. The molecule has 0 saturated heterocycles. The number of aldehydes is 1. The topological polar surface area (TPSA) is 43.4 Å². The van der Waals surface area contributed by atoms with Gasteiger partial charge in [-0.3, -0.25) is 4.79 Å². The lowest BCUT2D eigenvalue weighted by molar-refractivity contribution is -0.160. The van der Waals surface area contributed by atoms with Crippen LogP contribution in [0.5, 0.6) is 0 Å². The molecular formula is C27H26O3. The number of benzene rings is 3. The highest BCUT2D eigenvalue weighted by Gasteiger charge is 2.42. The first-order chi connectivity index (χ1) is 14.7. The van der Waals surface area contributed by atoms with Crippen LogP contribution in [-0.2, 0) is 19.9 Å². The molecular weight excluding hydrogens is 372 g/mol. The summed E-state index contributed by atoms with van der Waals surface area (Å²) < 4.78 is 6.48. The average Bonchev–Trinajstić information content (AvgIpc) is 2.84. The Morgan fingerprint density at radius 1 is 0.700 bits per heavy atom. The quantitative estimate of drug-likeness (QED) is 0.312. The van der Waals surface area contributed by atoms with Gasteiger partial charge in [0.1, 0.15) is 6.29 Å². The minimum absolute atomic E-state index is 0.0659. The second-order valence-electron chi connectivity index (χ2n) is 7.95. The van der Waals surface area contributed by atoms with Gasteiger partial charge in [-0.1, -0.05) is 91.0 Å². The molecule has 1 aliphatic rings. The van der Waals surface area contributed by atoms with Crippen molar-refractivity contribution in [1.82, 2.24) is 0 Å². The van der Waals surface area contributed by atoms with Crippen molar-refractivity contribution in [3.8, 4) is 0 Å². The van der Waals surface area contributed by atoms with E-state index in [4.69, 9.17) is 4.74 Å². The number of rotatable bonds is 6. The predicted octanol–water partition coefficient (Wildman–Crippen LogP) is 5.53. The molecule has 1 saturated carbocycles. The molecule has 0 spiro atoms. The van der Waals surface area contributed by atoms with Gasteiger partial charge in [-0.15, -0.1) is 0 Å². The molecule has 1 fully saturated rings. The molecule has 0 heterocycles. The third-order valence-corrected chi connectivity index (χ3v) is 6.09. The van der Waals surface area contributed by atoms with Gasteiger partial charge >= 0.3 is 5.97 Å². The van der Waals surface area contributed by atoms with Crippen molar-refractivity contribution >= 4 is 12.3 Å². The van der Waals surface area contributed by atoms with Gasteiger partial charge in [0, 0.05) is 22.6 Å². The maximum atomic E-state index is 13.4. The van der Waals surface area contributed by atoms with Gasteiger partial charge in [-0.05, 0) is 25.7 Å². The zero-order valence-electron chi connectivity index (χ0n) is 16.9. The number of hydrogen-bond donors (Lipinski definition) is 0. The molecule has 30 heavy (non-hydrogen) atoms. The van der Waals surface area contributed by atoms with Crippen molar-refractivity contribution in [2.45, 2.75) is 31.3 Å². The summed E-state index contributed by atoms with van der Waals surface area (Å²) in [7, 11) is 0. The first-order valence-electron chi connectivity index (χ1n) is 10.6. The Hall–Kier alpha value is -3.20. The highest BCUT2D eigenvalue weighted by atomic mass is 16.6. The van der Waals surface area contributed by atoms with Crippen LogP contribution in [0.25, 0.3) is 0 Å². The van der Waals surface area contributed by atoms with Crippen LogP contribution >= 0.6 is 0 Å². The molecule has 0 radical (unpaired) electrons. The van der Waals surface area contributed by atoms with E-state index < -0.39 is 5.60 Å². The third-order valence-electron chi connectivity index (χ3n) is 6.09. The standard InChI is InChI=1S/C27H26O3/c28-20-21-16-18-22(19-17-21)26(29)30-27(23-10-4-1-5-11-23,24-12-6-2-7-13-24)25-14-8-3-9-15-25/h1-15,20-22H,16-19H2. The number of ether oxygens (including phenoxy) is 1. The summed E-state index contributed by atoms with van der Waals surface area (Å²) in [6.45, 7) is 0. The fourth-order valence-electron chi connectivity index (χ4n) is 4.42. The monoisotopic (exact) mass is 398 g/mol. The summed E-state index contributed by atoms with van der Waals surface area (Å²) in [5.41, 5.74) is 1.72. The largest absolute Gasteiger partial charge is 0.444 e. The second-order valence-corrected chi connectivity index (χ2v) is 7.95. The second kappa shape index (κ2) is 9.08. The van der Waals surface area contributed by atoms with Crippen molar-refractivity contribution in [2.75, 3.05) is 0 Å². The lowest BCUT2D eigenvalue weighted by atomic mass is 9.79. The van der Waals surface area contributed by atoms with E-state index in [0.29, 0.717) is 12.8 Å². The van der Waals surface area contributed by atoms with Crippen molar-refractivity contribution in [3.63, 3.8) is 0 Å². The first kappa shape index (κ1) is 20.1. The molecule has 3 aromatic rings. The highest BCUT2D eigenvalue weighted by molar-refractivity contribution is 5.75. The van der Waals surface area contributed by atoms with Crippen LogP contribution in [0.15, 0.2) is 91.0 Å². The van der Waals surface area contributed by atoms with E-state index in [2.05, 4.69) is 0 Å². The lowest BCUT2D eigenvalue weighted by Gasteiger charge is -2.37. The summed E-state index contributed by atoms with van der Waals surface area (Å²) in [5.74, 6) is -0.316. The van der Waals surface area contributed by atoms with Crippen LogP contribution in [0.3, 0.4) is 0 Å². The Morgan fingerprint density at radius 3 is 1.47 bits per heavy atom. The molecule has 3 heteroatoms. The molecule has 0 aromatic heterocycles. The molecule has 1 aliphatic carbocycles. The van der Waals surface area contributed by atoms with E-state index in [1.807, 2.05) is 91.0 Å². The van der Waals surface area contributed by atoms with Gasteiger partial charge in [-0.2, -0.15) is 0 Å². The molecule has 4 rings (SSSR count). The van der Waals surface area contributed by atoms with E-state index in [-0.39, 0.29) is 17.8 Å². The van der Waals surface area contributed by atoms with Crippen LogP contribution < -0.4 is 0 Å². The van der Waals surface area contributed by atoms with Gasteiger partial charge in [0.05, 0.1) is 5.92 Å². The van der Waals surface area contributed by atoms with Gasteiger partial charge in [0.15, 0.2) is 5.60 Å². The van der Waals surface area contributed by atoms with Crippen molar-refractivity contribution in [1.29, 1.82) is 0 Å². The summed E-state index contributed by atoms with van der Waals surface area (Å²) in [4.78, 5) is 24.5. The maximum Gasteiger partial charge on any atom is 0.310 e. The minimum atomic E-state index is -1.03. The number of hydrogen-bond acceptors (Lipinski definition) is 3. The Kier molecular flexibility index (Phi) is 6.08. The fraction of sp³-hybridized carbons (Fsp3) is 0.259. The Morgan fingerprint density at radius 2 is 1.10 bits per heavy atom. The maximum absolute atomic E-state index is 13.4. The zero-order valence-corrected chi connectivity index (χ0v) is 16.9. The molecule has 0 N–H and O–H groups in total. The fourth-order valence-corrected chi connectivity index (χ4v) is 4.42. The molecule has 0 bridgehead atoms. The predicted molar refractivity (Wildman–Crippen MR) is 117 cm³/mol. The average molecular weight is 399 g/mol. The van der Waals surface area contributed by atoms with Gasteiger partial charge in [0.25, 0.3) is 0 Å².